The summed E-state index contributed by atoms with van der Waals surface area (Å²) < 4.78 is 27.2. The smallest absolute Gasteiger partial charge is 0.244 e. The van der Waals surface area contributed by atoms with E-state index in [1.165, 1.54) is 4.31 Å². The van der Waals surface area contributed by atoms with Gasteiger partial charge in [0.05, 0.1) is 5.02 Å². The lowest BCUT2D eigenvalue weighted by Gasteiger charge is -2.31. The van der Waals surface area contributed by atoms with Crippen LogP contribution in [0, 0.1) is 5.92 Å². The van der Waals surface area contributed by atoms with Gasteiger partial charge in [0, 0.05) is 13.1 Å². The van der Waals surface area contributed by atoms with Crippen LogP contribution in [-0.2, 0) is 10.0 Å². The van der Waals surface area contributed by atoms with Gasteiger partial charge in [0.25, 0.3) is 0 Å². The number of nitrogens with zero attached hydrogens (tertiary/aromatic N) is 1. The fourth-order valence-corrected chi connectivity index (χ4v) is 4.72. The highest BCUT2D eigenvalue weighted by atomic mass is 35.5. The van der Waals surface area contributed by atoms with Crippen molar-refractivity contribution < 1.29 is 8.42 Å². The average Bonchev–Trinajstić information content (AvgIpc) is 2.47. The largest absolute Gasteiger partial charge is 0.330 e. The van der Waals surface area contributed by atoms with Crippen molar-refractivity contribution in [3.05, 3.63) is 28.8 Å². The highest BCUT2D eigenvalue weighted by Crippen LogP contribution is 2.30. The quantitative estimate of drug-likeness (QED) is 0.889. The summed E-state index contributed by atoms with van der Waals surface area (Å²) in [5, 5.41) is 0.286. The van der Waals surface area contributed by atoms with Crippen LogP contribution in [0.2, 0.25) is 5.02 Å². The maximum Gasteiger partial charge on any atom is 0.244 e. The molecule has 1 atom stereocenters. The minimum absolute atomic E-state index is 0. The molecule has 1 aromatic rings. The van der Waals surface area contributed by atoms with Crippen LogP contribution < -0.4 is 5.73 Å². The molecule has 1 unspecified atom stereocenters. The second kappa shape index (κ2) is 7.97. The normalized spacial score (nSPS) is 20.0. The van der Waals surface area contributed by atoms with Gasteiger partial charge >= 0.3 is 0 Å². The van der Waals surface area contributed by atoms with Crippen molar-refractivity contribution in [3.63, 3.8) is 0 Å². The van der Waals surface area contributed by atoms with Gasteiger partial charge in [-0.05, 0) is 48.9 Å². The summed E-state index contributed by atoms with van der Waals surface area (Å²) in [6.07, 6.45) is 1.84. The van der Waals surface area contributed by atoms with Crippen molar-refractivity contribution in [1.29, 1.82) is 0 Å². The lowest BCUT2D eigenvalue weighted by molar-refractivity contribution is 0.271. The first kappa shape index (κ1) is 19.7. The van der Waals surface area contributed by atoms with Gasteiger partial charge in [0.1, 0.15) is 4.90 Å². The fraction of sp³-hybridized carbons (Fsp3) is 0.600. The van der Waals surface area contributed by atoms with Crippen LogP contribution in [0.15, 0.2) is 23.1 Å². The van der Waals surface area contributed by atoms with Crippen molar-refractivity contribution in [2.45, 2.75) is 37.5 Å². The molecule has 0 saturated carbocycles. The van der Waals surface area contributed by atoms with E-state index in [9.17, 15) is 8.42 Å². The van der Waals surface area contributed by atoms with Gasteiger partial charge in [-0.15, -0.1) is 12.4 Å². The van der Waals surface area contributed by atoms with Crippen LogP contribution in [0.1, 0.15) is 38.2 Å². The van der Waals surface area contributed by atoms with Crippen LogP contribution in [0.25, 0.3) is 0 Å². The molecule has 1 aromatic carbocycles. The molecule has 1 fully saturated rings. The Morgan fingerprint density at radius 1 is 1.41 bits per heavy atom. The monoisotopic (exact) mass is 366 g/mol. The van der Waals surface area contributed by atoms with E-state index >= 15 is 0 Å². The fourth-order valence-electron chi connectivity index (χ4n) is 2.65. The third-order valence-corrected chi connectivity index (χ3v) is 6.40. The molecular formula is C15H24Cl2N2O2S. The second-order valence-corrected chi connectivity index (χ2v) is 8.27. The van der Waals surface area contributed by atoms with E-state index in [0.29, 0.717) is 19.6 Å². The summed E-state index contributed by atoms with van der Waals surface area (Å²) in [5.74, 6) is 0.495. The summed E-state index contributed by atoms with van der Waals surface area (Å²) in [6.45, 7) is 5.61. The van der Waals surface area contributed by atoms with E-state index < -0.39 is 10.0 Å². The summed E-state index contributed by atoms with van der Waals surface area (Å²) in [4.78, 5) is 0.216. The minimum Gasteiger partial charge on any atom is -0.330 e. The van der Waals surface area contributed by atoms with Crippen molar-refractivity contribution in [2.75, 3.05) is 19.6 Å². The number of benzene rings is 1. The Morgan fingerprint density at radius 2 is 2.09 bits per heavy atom. The van der Waals surface area contributed by atoms with Crippen molar-refractivity contribution in [1.82, 2.24) is 4.31 Å². The second-order valence-electron chi connectivity index (χ2n) is 5.95. The minimum atomic E-state index is -3.55. The van der Waals surface area contributed by atoms with E-state index in [4.69, 9.17) is 17.3 Å². The van der Waals surface area contributed by atoms with E-state index in [2.05, 4.69) is 0 Å². The van der Waals surface area contributed by atoms with Gasteiger partial charge in [-0.25, -0.2) is 8.42 Å². The molecular weight excluding hydrogens is 343 g/mol. The Hall–Kier alpha value is -0.330. The molecule has 22 heavy (non-hydrogen) atoms. The van der Waals surface area contributed by atoms with Crippen molar-refractivity contribution >= 4 is 34.0 Å². The zero-order valence-corrected chi connectivity index (χ0v) is 15.3. The van der Waals surface area contributed by atoms with E-state index in [1.54, 1.807) is 12.1 Å². The van der Waals surface area contributed by atoms with Crippen LogP contribution in [0.5, 0.6) is 0 Å². The number of piperidine rings is 1. The molecule has 0 bridgehead atoms. The molecule has 1 aliphatic rings. The predicted molar refractivity (Wildman–Crippen MR) is 93.3 cm³/mol. The van der Waals surface area contributed by atoms with E-state index in [-0.39, 0.29) is 34.2 Å². The van der Waals surface area contributed by atoms with Gasteiger partial charge < -0.3 is 5.73 Å². The van der Waals surface area contributed by atoms with Gasteiger partial charge in [0.2, 0.25) is 10.0 Å². The summed E-state index contributed by atoms with van der Waals surface area (Å²) >= 11 is 6.14. The Morgan fingerprint density at radius 3 is 2.68 bits per heavy atom. The summed E-state index contributed by atoms with van der Waals surface area (Å²) in [7, 11) is -3.55. The first-order valence-corrected chi connectivity index (χ1v) is 9.17. The van der Waals surface area contributed by atoms with Crippen LogP contribution >= 0.6 is 24.0 Å². The molecule has 7 heteroatoms. The molecule has 2 rings (SSSR count). The Balaban J connectivity index is 0.00000242. The first-order valence-electron chi connectivity index (χ1n) is 7.36. The number of halogens is 2. The topological polar surface area (TPSA) is 63.4 Å². The zero-order chi connectivity index (χ0) is 15.6. The van der Waals surface area contributed by atoms with E-state index in [0.717, 1.165) is 18.4 Å². The SMILES string of the molecule is CC(C)c1ccc(Cl)c(S(=O)(=O)N2CCCC(CN)C2)c1.Cl. The number of hydrogen-bond donors (Lipinski definition) is 1. The highest BCUT2D eigenvalue weighted by molar-refractivity contribution is 7.89. The molecule has 0 aliphatic carbocycles. The Bertz CT molecular complexity index is 606. The van der Waals surface area contributed by atoms with Gasteiger partial charge in [-0.1, -0.05) is 31.5 Å². The molecule has 1 saturated heterocycles. The third kappa shape index (κ3) is 4.15. The van der Waals surface area contributed by atoms with E-state index in [1.807, 2.05) is 19.9 Å². The number of rotatable bonds is 4. The third-order valence-electron chi connectivity index (χ3n) is 4.05. The first-order chi connectivity index (χ1) is 9.86. The molecule has 2 N–H and O–H groups in total. The standard InChI is InChI=1S/C15H23ClN2O2S.ClH/c1-11(2)13-5-6-14(16)15(8-13)21(19,20)18-7-3-4-12(9-17)10-18;/h5-6,8,11-12H,3-4,7,9-10,17H2,1-2H3;1H. The molecule has 0 aromatic heterocycles. The Labute approximate surface area is 144 Å². The van der Waals surface area contributed by atoms with Crippen molar-refractivity contribution in [2.24, 2.45) is 11.7 Å². The van der Waals surface area contributed by atoms with Gasteiger partial charge in [0.15, 0.2) is 0 Å². The average molecular weight is 367 g/mol. The summed E-state index contributed by atoms with van der Waals surface area (Å²) in [6, 6.07) is 5.26. The molecule has 1 aliphatic heterocycles. The molecule has 0 amide bonds. The molecule has 126 valence electrons. The van der Waals surface area contributed by atoms with Crippen LogP contribution in [0.4, 0.5) is 0 Å². The lowest BCUT2D eigenvalue weighted by atomic mass is 10.0. The van der Waals surface area contributed by atoms with Crippen LogP contribution in [0.3, 0.4) is 0 Å². The number of sulfonamides is 1. The predicted octanol–water partition coefficient (Wildman–Crippen LogP) is 3.24. The van der Waals surface area contributed by atoms with Gasteiger partial charge in [-0.3, -0.25) is 0 Å². The molecule has 0 spiro atoms. The van der Waals surface area contributed by atoms with Gasteiger partial charge in [-0.2, -0.15) is 4.31 Å². The van der Waals surface area contributed by atoms with Crippen molar-refractivity contribution in [3.8, 4) is 0 Å². The maximum absolute atomic E-state index is 12.8. The van der Waals surface area contributed by atoms with Crippen LogP contribution in [-0.4, -0.2) is 32.4 Å². The summed E-state index contributed by atoms with van der Waals surface area (Å²) in [5.41, 5.74) is 6.67. The molecule has 0 radical (unpaired) electrons. The molecule has 1 heterocycles. The number of hydrogen-bond acceptors (Lipinski definition) is 3. The maximum atomic E-state index is 12.8. The lowest BCUT2D eigenvalue weighted by Crippen LogP contribution is -2.42. The number of nitrogens with two attached hydrogens (primary N) is 1. The highest BCUT2D eigenvalue weighted by Gasteiger charge is 2.31. The zero-order valence-electron chi connectivity index (χ0n) is 13.0. The molecule has 4 nitrogen and oxygen atoms in total. The Kier molecular flexibility index (Phi) is 7.15.